The maximum absolute atomic E-state index is 14.0. The van der Waals surface area contributed by atoms with Crippen LogP contribution >= 0.6 is 0 Å². The van der Waals surface area contributed by atoms with Crippen molar-refractivity contribution in [1.29, 1.82) is 0 Å². The summed E-state index contributed by atoms with van der Waals surface area (Å²) in [6.45, 7) is 0.213. The van der Waals surface area contributed by atoms with E-state index in [0.29, 0.717) is 12.0 Å². The van der Waals surface area contributed by atoms with Crippen LogP contribution in [0.15, 0.2) is 103 Å². The first-order valence-electron chi connectivity index (χ1n) is 12.3. The van der Waals surface area contributed by atoms with E-state index in [-0.39, 0.29) is 12.1 Å². The van der Waals surface area contributed by atoms with Gasteiger partial charge in [-0.05, 0) is 28.7 Å². The van der Waals surface area contributed by atoms with E-state index in [2.05, 4.69) is 0 Å². The van der Waals surface area contributed by atoms with E-state index >= 15 is 0 Å². The topological polar surface area (TPSA) is 82.1 Å². The van der Waals surface area contributed by atoms with Gasteiger partial charge in [-0.25, -0.2) is 9.59 Å². The second kappa shape index (κ2) is 11.9. The molecule has 0 amide bonds. The molecule has 0 N–H and O–H groups in total. The predicted molar refractivity (Wildman–Crippen MR) is 142 cm³/mol. The van der Waals surface area contributed by atoms with E-state index < -0.39 is 35.4 Å². The van der Waals surface area contributed by atoms with Crippen LogP contribution in [0.4, 0.5) is 0 Å². The molecule has 1 aliphatic rings. The number of rotatable bonds is 8. The molecule has 0 spiro atoms. The number of nitrogens with zero attached hydrogens (tertiary/aromatic N) is 1. The average molecular weight is 514 g/mol. The Morgan fingerprint density at radius 3 is 1.84 bits per heavy atom. The second-order valence-electron chi connectivity index (χ2n) is 9.00. The van der Waals surface area contributed by atoms with Gasteiger partial charge in [0.1, 0.15) is 5.92 Å². The molecule has 196 valence electrons. The Morgan fingerprint density at radius 2 is 1.32 bits per heavy atom. The van der Waals surface area contributed by atoms with Crippen molar-refractivity contribution in [3.63, 3.8) is 0 Å². The van der Waals surface area contributed by atoms with E-state index in [0.717, 1.165) is 11.1 Å². The highest BCUT2D eigenvalue weighted by Crippen LogP contribution is 2.48. The van der Waals surface area contributed by atoms with Crippen molar-refractivity contribution in [2.45, 2.75) is 30.5 Å². The maximum Gasteiger partial charge on any atom is 0.342 e. The van der Waals surface area contributed by atoms with E-state index in [1.165, 1.54) is 21.3 Å². The van der Waals surface area contributed by atoms with E-state index in [1.54, 1.807) is 35.2 Å². The van der Waals surface area contributed by atoms with Crippen molar-refractivity contribution >= 4 is 17.9 Å². The number of esters is 3. The van der Waals surface area contributed by atoms with E-state index in [4.69, 9.17) is 14.2 Å². The van der Waals surface area contributed by atoms with Gasteiger partial charge in [0, 0.05) is 12.6 Å². The molecule has 2 unspecified atom stereocenters. The number of benzene rings is 3. The molecule has 1 aliphatic heterocycles. The molecule has 0 bridgehead atoms. The summed E-state index contributed by atoms with van der Waals surface area (Å²) in [6, 6.07) is 27.7. The third-order valence-corrected chi connectivity index (χ3v) is 7.01. The monoisotopic (exact) mass is 513 g/mol. The minimum Gasteiger partial charge on any atom is -0.468 e. The number of hydrogen-bond donors (Lipinski definition) is 0. The fourth-order valence-electron chi connectivity index (χ4n) is 5.29. The highest BCUT2D eigenvalue weighted by molar-refractivity contribution is 6.10. The summed E-state index contributed by atoms with van der Waals surface area (Å²) in [6.07, 6.45) is 2.23. The molecule has 7 nitrogen and oxygen atoms in total. The molecule has 0 saturated carbocycles. The van der Waals surface area contributed by atoms with E-state index in [1.807, 2.05) is 66.7 Å². The number of carbonyl (C=O) groups is 3. The lowest BCUT2D eigenvalue weighted by Crippen LogP contribution is -2.65. The Labute approximate surface area is 222 Å². The third kappa shape index (κ3) is 4.85. The summed E-state index contributed by atoms with van der Waals surface area (Å²) < 4.78 is 15.8. The van der Waals surface area contributed by atoms with Crippen molar-refractivity contribution in [3.8, 4) is 0 Å². The second-order valence-corrected chi connectivity index (χ2v) is 9.00. The number of hydrogen-bond acceptors (Lipinski definition) is 7. The Hall–Kier alpha value is -4.23. The molecular formula is C31H31NO6. The van der Waals surface area contributed by atoms with Crippen LogP contribution in [0.25, 0.3) is 0 Å². The lowest BCUT2D eigenvalue weighted by atomic mass is 9.72. The Morgan fingerprint density at radius 1 is 0.789 bits per heavy atom. The van der Waals surface area contributed by atoms with Crippen LogP contribution in [0, 0.1) is 0 Å². The van der Waals surface area contributed by atoms with Gasteiger partial charge in [-0.15, -0.1) is 0 Å². The Kier molecular flexibility index (Phi) is 8.38. The summed E-state index contributed by atoms with van der Waals surface area (Å²) in [7, 11) is 3.74. The van der Waals surface area contributed by atoms with Crippen LogP contribution in [-0.2, 0) is 35.1 Å². The summed E-state index contributed by atoms with van der Waals surface area (Å²) in [5, 5.41) is 0. The van der Waals surface area contributed by atoms with Gasteiger partial charge in [0.25, 0.3) is 0 Å². The molecule has 0 aromatic heterocycles. The molecule has 2 atom stereocenters. The highest BCUT2D eigenvalue weighted by atomic mass is 16.5. The fourth-order valence-corrected chi connectivity index (χ4v) is 5.29. The molecule has 0 radical (unpaired) electrons. The number of ether oxygens (including phenoxy) is 3. The van der Waals surface area contributed by atoms with Gasteiger partial charge in [0.05, 0.1) is 21.3 Å². The van der Waals surface area contributed by atoms with Gasteiger partial charge in [-0.1, -0.05) is 97.1 Å². The van der Waals surface area contributed by atoms with Crippen LogP contribution in [0.3, 0.4) is 0 Å². The molecule has 38 heavy (non-hydrogen) atoms. The van der Waals surface area contributed by atoms with Gasteiger partial charge >= 0.3 is 17.9 Å². The molecule has 0 aliphatic carbocycles. The van der Waals surface area contributed by atoms with Crippen molar-refractivity contribution in [2.24, 2.45) is 0 Å². The first-order valence-corrected chi connectivity index (χ1v) is 12.3. The molecule has 1 heterocycles. The van der Waals surface area contributed by atoms with E-state index in [9.17, 15) is 14.4 Å². The summed E-state index contributed by atoms with van der Waals surface area (Å²) >= 11 is 0. The molecular weight excluding hydrogens is 482 g/mol. The van der Waals surface area contributed by atoms with Crippen LogP contribution < -0.4 is 0 Å². The molecule has 7 heteroatoms. The zero-order chi connectivity index (χ0) is 27.1. The minimum atomic E-state index is -2.06. The lowest BCUT2D eigenvalue weighted by Gasteiger charge is -2.49. The molecule has 0 saturated heterocycles. The molecule has 4 rings (SSSR count). The third-order valence-electron chi connectivity index (χ3n) is 7.01. The van der Waals surface area contributed by atoms with Gasteiger partial charge in [0.2, 0.25) is 5.54 Å². The number of methoxy groups -OCH3 is 3. The van der Waals surface area contributed by atoms with Gasteiger partial charge in [0.15, 0.2) is 0 Å². The van der Waals surface area contributed by atoms with Gasteiger partial charge < -0.3 is 14.2 Å². The Balaban J connectivity index is 2.04. The molecule has 3 aromatic carbocycles. The first kappa shape index (κ1) is 26.8. The highest BCUT2D eigenvalue weighted by Gasteiger charge is 2.62. The van der Waals surface area contributed by atoms with Crippen molar-refractivity contribution < 1.29 is 28.6 Å². The predicted octanol–water partition coefficient (Wildman–Crippen LogP) is 4.60. The average Bonchev–Trinajstić information content (AvgIpc) is 2.98. The van der Waals surface area contributed by atoms with Crippen LogP contribution in [0.1, 0.15) is 35.1 Å². The minimum absolute atomic E-state index is 0.213. The largest absolute Gasteiger partial charge is 0.468 e. The maximum atomic E-state index is 14.0. The lowest BCUT2D eigenvalue weighted by molar-refractivity contribution is -0.173. The van der Waals surface area contributed by atoms with Crippen LogP contribution in [0.5, 0.6) is 0 Å². The smallest absolute Gasteiger partial charge is 0.342 e. The summed E-state index contributed by atoms with van der Waals surface area (Å²) in [5.41, 5.74) is 0.552. The normalized spacial score (nSPS) is 17.6. The number of carbonyl (C=O) groups excluding carboxylic acids is 3. The molecule has 3 aromatic rings. The molecule has 0 fully saturated rings. The van der Waals surface area contributed by atoms with Crippen LogP contribution in [-0.4, -0.2) is 49.7 Å². The van der Waals surface area contributed by atoms with Crippen molar-refractivity contribution in [3.05, 3.63) is 119 Å². The Bertz CT molecular complexity index is 1270. The summed E-state index contributed by atoms with van der Waals surface area (Å²) in [5.74, 6) is -3.32. The van der Waals surface area contributed by atoms with Crippen molar-refractivity contribution in [1.82, 2.24) is 4.90 Å². The quantitative estimate of drug-likeness (QED) is 0.188. The zero-order valence-corrected chi connectivity index (χ0v) is 21.7. The fraction of sp³-hybridized carbons (Fsp3) is 0.258. The zero-order valence-electron chi connectivity index (χ0n) is 21.7. The first-order chi connectivity index (χ1) is 18.5. The van der Waals surface area contributed by atoms with Crippen molar-refractivity contribution in [2.75, 3.05) is 21.3 Å². The van der Waals surface area contributed by atoms with Crippen LogP contribution in [0.2, 0.25) is 0 Å². The SMILES string of the molecule is COC(=O)C(C1=CCC(c2ccccc2)N(Cc2ccccc2)C1(C(=O)OC)C(=O)OC)c1ccccc1. The standard InChI is InChI=1S/C31H31NO6/c1-36-28(33)27(24-17-11-6-12-18-24)25-19-20-26(23-15-9-5-10-16-23)32(21-22-13-7-4-8-14-22)31(25,29(34)37-2)30(35)38-3/h4-19,26-27H,20-21H2,1-3H3. The van der Waals surface area contributed by atoms with Gasteiger partial charge in [-0.2, -0.15) is 0 Å². The summed E-state index contributed by atoms with van der Waals surface area (Å²) in [4.78, 5) is 43.1. The van der Waals surface area contributed by atoms with Gasteiger partial charge in [-0.3, -0.25) is 9.69 Å².